The van der Waals surface area contributed by atoms with Crippen LogP contribution in [0.25, 0.3) is 0 Å². The minimum atomic E-state index is 0.138. The van der Waals surface area contributed by atoms with Crippen LogP contribution in [0, 0.1) is 0 Å². The second-order valence-electron chi connectivity index (χ2n) is 5.46. The van der Waals surface area contributed by atoms with Gasteiger partial charge >= 0.3 is 0 Å². The lowest BCUT2D eigenvalue weighted by atomic mass is 10.1. The maximum Gasteiger partial charge on any atom is 0.0547 e. The molecule has 1 rings (SSSR count). The summed E-state index contributed by atoms with van der Waals surface area (Å²) in [6, 6.07) is 6.21. The summed E-state index contributed by atoms with van der Waals surface area (Å²) in [4.78, 5) is 6.74. The third-order valence-electron chi connectivity index (χ3n) is 2.14. The van der Waals surface area contributed by atoms with Crippen molar-refractivity contribution in [1.29, 1.82) is 0 Å². The first-order valence-electron chi connectivity index (χ1n) is 5.71. The second-order valence-corrected chi connectivity index (χ2v) is 5.46. The van der Waals surface area contributed by atoms with E-state index in [4.69, 9.17) is 0 Å². The largest absolute Gasteiger partial charge is 0.306 e. The van der Waals surface area contributed by atoms with Crippen LogP contribution in [0.5, 0.6) is 0 Å². The van der Waals surface area contributed by atoms with E-state index in [1.165, 1.54) is 0 Å². The van der Waals surface area contributed by atoms with Crippen LogP contribution < -0.4 is 5.32 Å². The van der Waals surface area contributed by atoms with Gasteiger partial charge in [-0.1, -0.05) is 6.07 Å². The minimum Gasteiger partial charge on any atom is -0.306 e. The Morgan fingerprint density at radius 3 is 2.38 bits per heavy atom. The van der Waals surface area contributed by atoms with Crippen molar-refractivity contribution < 1.29 is 0 Å². The van der Waals surface area contributed by atoms with E-state index in [1.54, 1.807) is 0 Å². The molecule has 0 radical (unpaired) electrons. The predicted octanol–water partition coefficient (Wildman–Crippen LogP) is 2.03. The summed E-state index contributed by atoms with van der Waals surface area (Å²) in [6.45, 7) is 8.21. The highest BCUT2D eigenvalue weighted by Gasteiger charge is 2.08. The molecule has 0 aliphatic carbocycles. The summed E-state index contributed by atoms with van der Waals surface area (Å²) in [5, 5.41) is 3.44. The Morgan fingerprint density at radius 1 is 1.19 bits per heavy atom. The van der Waals surface area contributed by atoms with Gasteiger partial charge in [-0.25, -0.2) is 0 Å². The van der Waals surface area contributed by atoms with Crippen LogP contribution in [0.2, 0.25) is 0 Å². The number of nitrogens with one attached hydrogen (secondary N) is 1. The molecule has 0 aliphatic rings. The maximum atomic E-state index is 4.61. The number of rotatable bonds is 4. The molecule has 0 saturated carbocycles. The van der Waals surface area contributed by atoms with Crippen molar-refractivity contribution in [2.24, 2.45) is 0 Å². The molecule has 0 aliphatic heterocycles. The summed E-state index contributed by atoms with van der Waals surface area (Å²) in [6.07, 6.45) is 0. The fourth-order valence-corrected chi connectivity index (χ4v) is 1.40. The van der Waals surface area contributed by atoms with Gasteiger partial charge in [-0.05, 0) is 47.0 Å². The number of hydrogen-bond acceptors (Lipinski definition) is 3. The van der Waals surface area contributed by atoms with Crippen LogP contribution in [-0.2, 0) is 13.1 Å². The molecule has 16 heavy (non-hydrogen) atoms. The highest BCUT2D eigenvalue weighted by molar-refractivity contribution is 5.11. The molecule has 0 amide bonds. The Bertz CT molecular complexity index is 326. The number of aromatic nitrogens is 1. The lowest BCUT2D eigenvalue weighted by Gasteiger charge is -2.20. The Balaban J connectivity index is 2.60. The Hall–Kier alpha value is -0.930. The average Bonchev–Trinajstić information content (AvgIpc) is 2.13. The van der Waals surface area contributed by atoms with Gasteiger partial charge < -0.3 is 10.2 Å². The predicted molar refractivity (Wildman–Crippen MR) is 68.2 cm³/mol. The standard InChI is InChI=1S/C13H23N3/c1-13(2,3)14-9-11-7-6-8-12(15-11)10-16(4)5/h6-8,14H,9-10H2,1-5H3. The zero-order chi connectivity index (χ0) is 12.2. The van der Waals surface area contributed by atoms with Crippen molar-refractivity contribution in [2.45, 2.75) is 39.4 Å². The van der Waals surface area contributed by atoms with E-state index in [2.05, 4.69) is 68.3 Å². The molecule has 0 atom stereocenters. The zero-order valence-electron chi connectivity index (χ0n) is 11.0. The van der Waals surface area contributed by atoms with E-state index in [9.17, 15) is 0 Å². The summed E-state index contributed by atoms with van der Waals surface area (Å²) >= 11 is 0. The van der Waals surface area contributed by atoms with Crippen molar-refractivity contribution >= 4 is 0 Å². The second kappa shape index (κ2) is 5.41. The first kappa shape index (κ1) is 13.1. The molecule has 0 unspecified atom stereocenters. The molecule has 0 aromatic carbocycles. The molecule has 0 bridgehead atoms. The van der Waals surface area contributed by atoms with Gasteiger partial charge in [0, 0.05) is 18.6 Å². The third kappa shape index (κ3) is 5.24. The fourth-order valence-electron chi connectivity index (χ4n) is 1.40. The first-order chi connectivity index (χ1) is 7.37. The van der Waals surface area contributed by atoms with Crippen LogP contribution in [-0.4, -0.2) is 29.5 Å². The maximum absolute atomic E-state index is 4.61. The molecule has 0 spiro atoms. The summed E-state index contributed by atoms with van der Waals surface area (Å²) in [5.74, 6) is 0. The minimum absolute atomic E-state index is 0.138. The lowest BCUT2D eigenvalue weighted by Crippen LogP contribution is -2.35. The molecular formula is C13H23N3. The molecule has 1 aromatic heterocycles. The SMILES string of the molecule is CN(C)Cc1cccc(CNC(C)(C)C)n1. The molecule has 0 saturated heterocycles. The number of nitrogens with zero attached hydrogens (tertiary/aromatic N) is 2. The van der Waals surface area contributed by atoms with Gasteiger partial charge in [0.2, 0.25) is 0 Å². The third-order valence-corrected chi connectivity index (χ3v) is 2.14. The molecule has 0 fully saturated rings. The van der Waals surface area contributed by atoms with Gasteiger partial charge in [0.15, 0.2) is 0 Å². The summed E-state index contributed by atoms with van der Waals surface area (Å²) in [5.41, 5.74) is 2.37. The molecule has 3 heteroatoms. The van der Waals surface area contributed by atoms with Gasteiger partial charge in [0.05, 0.1) is 11.4 Å². The summed E-state index contributed by atoms with van der Waals surface area (Å²) < 4.78 is 0. The van der Waals surface area contributed by atoms with E-state index in [1.807, 2.05) is 0 Å². The molecule has 1 heterocycles. The van der Waals surface area contributed by atoms with Gasteiger partial charge in [-0.3, -0.25) is 4.98 Å². The first-order valence-corrected chi connectivity index (χ1v) is 5.71. The van der Waals surface area contributed by atoms with Crippen molar-refractivity contribution in [2.75, 3.05) is 14.1 Å². The van der Waals surface area contributed by atoms with E-state index >= 15 is 0 Å². The Kier molecular flexibility index (Phi) is 4.44. The van der Waals surface area contributed by atoms with Crippen molar-refractivity contribution in [3.05, 3.63) is 29.6 Å². The van der Waals surface area contributed by atoms with E-state index in [0.717, 1.165) is 24.5 Å². The molecule has 1 N–H and O–H groups in total. The van der Waals surface area contributed by atoms with Gasteiger partial charge in [0.1, 0.15) is 0 Å². The number of pyridine rings is 1. The fraction of sp³-hybridized carbons (Fsp3) is 0.615. The number of hydrogen-bond donors (Lipinski definition) is 1. The van der Waals surface area contributed by atoms with E-state index < -0.39 is 0 Å². The summed E-state index contributed by atoms with van der Waals surface area (Å²) in [7, 11) is 4.11. The normalized spacial score (nSPS) is 12.1. The van der Waals surface area contributed by atoms with Gasteiger partial charge in [-0.2, -0.15) is 0 Å². The van der Waals surface area contributed by atoms with Gasteiger partial charge in [0.25, 0.3) is 0 Å². The quantitative estimate of drug-likeness (QED) is 0.843. The van der Waals surface area contributed by atoms with E-state index in [0.29, 0.717) is 0 Å². The highest BCUT2D eigenvalue weighted by atomic mass is 15.1. The Labute approximate surface area is 98.9 Å². The van der Waals surface area contributed by atoms with Crippen molar-refractivity contribution in [1.82, 2.24) is 15.2 Å². The smallest absolute Gasteiger partial charge is 0.0547 e. The average molecular weight is 221 g/mol. The van der Waals surface area contributed by atoms with Gasteiger partial charge in [-0.15, -0.1) is 0 Å². The van der Waals surface area contributed by atoms with E-state index in [-0.39, 0.29) is 5.54 Å². The van der Waals surface area contributed by atoms with Crippen LogP contribution >= 0.6 is 0 Å². The van der Waals surface area contributed by atoms with Crippen LogP contribution in [0.3, 0.4) is 0 Å². The molecule has 90 valence electrons. The van der Waals surface area contributed by atoms with Crippen molar-refractivity contribution in [3.8, 4) is 0 Å². The zero-order valence-corrected chi connectivity index (χ0v) is 11.0. The molecule has 1 aromatic rings. The van der Waals surface area contributed by atoms with Crippen LogP contribution in [0.4, 0.5) is 0 Å². The molecule has 3 nitrogen and oxygen atoms in total. The van der Waals surface area contributed by atoms with Crippen molar-refractivity contribution in [3.63, 3.8) is 0 Å². The monoisotopic (exact) mass is 221 g/mol. The van der Waals surface area contributed by atoms with Crippen LogP contribution in [0.1, 0.15) is 32.2 Å². The highest BCUT2D eigenvalue weighted by Crippen LogP contribution is 2.04. The lowest BCUT2D eigenvalue weighted by molar-refractivity contribution is 0.393. The topological polar surface area (TPSA) is 28.2 Å². The molecular weight excluding hydrogens is 198 g/mol. The Morgan fingerprint density at radius 2 is 1.81 bits per heavy atom. The van der Waals surface area contributed by atoms with Crippen LogP contribution in [0.15, 0.2) is 18.2 Å².